The summed E-state index contributed by atoms with van der Waals surface area (Å²) in [5.74, 6) is 0. The maximum atomic E-state index is 6.71. The molecule has 0 aromatic heterocycles. The second-order valence-corrected chi connectivity index (χ2v) is 10.4. The summed E-state index contributed by atoms with van der Waals surface area (Å²) in [6.07, 6.45) is -0.753. The number of ether oxygens (including phenoxy) is 5. The largest absolute Gasteiger partial charge is 0.374 e. The quantitative estimate of drug-likeness (QED) is 0.166. The van der Waals surface area contributed by atoms with E-state index in [0.717, 1.165) is 28.7 Å². The van der Waals surface area contributed by atoms with Crippen LogP contribution in [0.25, 0.3) is 0 Å². The minimum Gasteiger partial charge on any atom is -0.374 e. The zero-order valence-electron chi connectivity index (χ0n) is 23.7. The molecule has 0 amide bonds. The SMILES string of the molecule is CC[C@@H]1O[C@@H](COCc2ccccc2)[C@@H](OCc2ccccc2)[C@@H](OCc2ccccc2)[C@H]1OCc1ccccc1. The van der Waals surface area contributed by atoms with Gasteiger partial charge in [0.15, 0.2) is 0 Å². The maximum absolute atomic E-state index is 6.71. The third-order valence-electron chi connectivity index (χ3n) is 7.38. The Morgan fingerprint density at radius 2 is 0.829 bits per heavy atom. The van der Waals surface area contributed by atoms with E-state index in [4.69, 9.17) is 23.7 Å². The molecule has 0 saturated carbocycles. The minimum atomic E-state index is -0.390. The molecule has 5 nitrogen and oxygen atoms in total. The van der Waals surface area contributed by atoms with Gasteiger partial charge in [-0.2, -0.15) is 0 Å². The van der Waals surface area contributed by atoms with Crippen LogP contribution >= 0.6 is 0 Å². The maximum Gasteiger partial charge on any atom is 0.115 e. The fourth-order valence-electron chi connectivity index (χ4n) is 5.21. The normalized spacial score (nSPS) is 22.4. The van der Waals surface area contributed by atoms with E-state index in [9.17, 15) is 0 Å². The van der Waals surface area contributed by atoms with Gasteiger partial charge in [-0.05, 0) is 28.7 Å². The summed E-state index contributed by atoms with van der Waals surface area (Å²) in [5, 5.41) is 0. The van der Waals surface area contributed by atoms with Crippen molar-refractivity contribution in [2.75, 3.05) is 6.61 Å². The van der Waals surface area contributed by atoms with Gasteiger partial charge in [-0.25, -0.2) is 0 Å². The Morgan fingerprint density at radius 3 is 1.24 bits per heavy atom. The molecule has 0 N–H and O–H groups in total. The Balaban J connectivity index is 1.38. The highest BCUT2D eigenvalue weighted by Gasteiger charge is 2.47. The minimum absolute atomic E-state index is 0.165. The zero-order valence-corrected chi connectivity index (χ0v) is 23.7. The van der Waals surface area contributed by atoms with Crippen molar-refractivity contribution in [1.29, 1.82) is 0 Å². The van der Waals surface area contributed by atoms with Gasteiger partial charge in [0, 0.05) is 0 Å². The summed E-state index contributed by atoms with van der Waals surface area (Å²) < 4.78 is 32.9. The highest BCUT2D eigenvalue weighted by Crippen LogP contribution is 2.32. The van der Waals surface area contributed by atoms with E-state index >= 15 is 0 Å². The first-order valence-electron chi connectivity index (χ1n) is 14.5. The smallest absolute Gasteiger partial charge is 0.115 e. The predicted molar refractivity (Wildman–Crippen MR) is 160 cm³/mol. The first-order valence-corrected chi connectivity index (χ1v) is 14.5. The van der Waals surface area contributed by atoms with Crippen LogP contribution in [0.5, 0.6) is 0 Å². The monoisotopic (exact) mass is 552 g/mol. The van der Waals surface area contributed by atoms with Crippen LogP contribution in [0.15, 0.2) is 121 Å². The fraction of sp³-hybridized carbons (Fsp3) is 0.333. The summed E-state index contributed by atoms with van der Waals surface area (Å²) in [5.41, 5.74) is 4.43. The number of hydrogen-bond acceptors (Lipinski definition) is 5. The molecule has 0 unspecified atom stereocenters. The lowest BCUT2D eigenvalue weighted by Crippen LogP contribution is -2.61. The van der Waals surface area contributed by atoms with Gasteiger partial charge in [0.05, 0.1) is 39.1 Å². The molecule has 0 bridgehead atoms. The molecule has 0 radical (unpaired) electrons. The van der Waals surface area contributed by atoms with Gasteiger partial charge in [0.25, 0.3) is 0 Å². The van der Waals surface area contributed by atoms with Gasteiger partial charge in [0.2, 0.25) is 0 Å². The van der Waals surface area contributed by atoms with Gasteiger partial charge >= 0.3 is 0 Å². The Morgan fingerprint density at radius 1 is 0.463 bits per heavy atom. The van der Waals surface area contributed by atoms with Crippen molar-refractivity contribution in [1.82, 2.24) is 0 Å². The summed E-state index contributed by atoms with van der Waals surface area (Å²) in [6, 6.07) is 40.9. The Hall–Kier alpha value is -3.32. The topological polar surface area (TPSA) is 46.2 Å². The molecule has 1 aliphatic rings. The standard InChI is InChI=1S/C36H40O5/c1-2-32-34(38-24-29-17-9-4-10-18-29)36(40-26-31-21-13-6-14-22-31)35(39-25-30-19-11-5-12-20-30)33(41-32)27-37-23-28-15-7-3-8-16-28/h3-22,32-36H,2,23-27H2,1H3/t32-,33-,34-,35+,36-/m0/s1. The van der Waals surface area contributed by atoms with Crippen molar-refractivity contribution in [3.63, 3.8) is 0 Å². The highest BCUT2D eigenvalue weighted by atomic mass is 16.6. The molecule has 4 aromatic carbocycles. The second-order valence-electron chi connectivity index (χ2n) is 10.4. The van der Waals surface area contributed by atoms with Crippen molar-refractivity contribution in [3.8, 4) is 0 Å². The van der Waals surface area contributed by atoms with Crippen LogP contribution in [0.3, 0.4) is 0 Å². The third-order valence-corrected chi connectivity index (χ3v) is 7.38. The molecule has 5 rings (SSSR count). The Kier molecular flexibility index (Phi) is 11.1. The summed E-state index contributed by atoms with van der Waals surface area (Å²) >= 11 is 0. The van der Waals surface area contributed by atoms with Crippen LogP contribution in [0.4, 0.5) is 0 Å². The molecule has 0 aliphatic carbocycles. The molecule has 1 saturated heterocycles. The number of hydrogen-bond donors (Lipinski definition) is 0. The molecule has 41 heavy (non-hydrogen) atoms. The average Bonchev–Trinajstić information content (AvgIpc) is 3.04. The van der Waals surface area contributed by atoms with E-state index in [1.54, 1.807) is 0 Å². The lowest BCUT2D eigenvalue weighted by Gasteiger charge is -2.46. The summed E-state index contributed by atoms with van der Waals surface area (Å²) in [7, 11) is 0. The van der Waals surface area contributed by atoms with E-state index in [2.05, 4.69) is 55.5 Å². The van der Waals surface area contributed by atoms with Crippen LogP contribution in [0, 0.1) is 0 Å². The highest BCUT2D eigenvalue weighted by molar-refractivity contribution is 5.16. The van der Waals surface area contributed by atoms with Crippen LogP contribution in [0.1, 0.15) is 35.6 Å². The molecule has 214 valence electrons. The van der Waals surface area contributed by atoms with E-state index in [1.807, 2.05) is 72.8 Å². The molecular weight excluding hydrogens is 512 g/mol. The van der Waals surface area contributed by atoms with Crippen molar-refractivity contribution in [3.05, 3.63) is 144 Å². The number of benzene rings is 4. The van der Waals surface area contributed by atoms with E-state index in [0.29, 0.717) is 33.0 Å². The molecule has 1 fully saturated rings. The Bertz CT molecular complexity index is 1250. The first kappa shape index (κ1) is 29.2. The molecule has 5 heteroatoms. The van der Waals surface area contributed by atoms with E-state index in [1.165, 1.54) is 0 Å². The first-order chi connectivity index (χ1) is 20.3. The molecule has 1 aliphatic heterocycles. The van der Waals surface area contributed by atoms with Crippen LogP contribution < -0.4 is 0 Å². The van der Waals surface area contributed by atoms with Crippen LogP contribution in [-0.2, 0) is 50.1 Å². The van der Waals surface area contributed by atoms with E-state index in [-0.39, 0.29) is 24.4 Å². The predicted octanol–water partition coefficient (Wildman–Crippen LogP) is 7.14. The second kappa shape index (κ2) is 15.6. The van der Waals surface area contributed by atoms with Crippen molar-refractivity contribution >= 4 is 0 Å². The fourth-order valence-corrected chi connectivity index (χ4v) is 5.21. The van der Waals surface area contributed by atoms with Crippen molar-refractivity contribution in [2.45, 2.75) is 70.3 Å². The summed E-state index contributed by atoms with van der Waals surface area (Å²) in [4.78, 5) is 0. The van der Waals surface area contributed by atoms with Crippen LogP contribution in [0.2, 0.25) is 0 Å². The molecule has 1 heterocycles. The van der Waals surface area contributed by atoms with Gasteiger partial charge in [-0.1, -0.05) is 128 Å². The molecule has 5 atom stereocenters. The van der Waals surface area contributed by atoms with Crippen molar-refractivity contribution in [2.24, 2.45) is 0 Å². The lowest BCUT2D eigenvalue weighted by molar-refractivity contribution is -0.272. The van der Waals surface area contributed by atoms with Gasteiger partial charge in [-0.15, -0.1) is 0 Å². The summed E-state index contributed by atoms with van der Waals surface area (Å²) in [6.45, 7) is 4.39. The molecule has 4 aromatic rings. The zero-order chi connectivity index (χ0) is 28.1. The molecule has 0 spiro atoms. The Labute approximate surface area is 244 Å². The van der Waals surface area contributed by atoms with E-state index < -0.39 is 6.10 Å². The van der Waals surface area contributed by atoms with Gasteiger partial charge < -0.3 is 23.7 Å². The van der Waals surface area contributed by atoms with Gasteiger partial charge in [-0.3, -0.25) is 0 Å². The third kappa shape index (κ3) is 8.59. The number of rotatable bonds is 14. The lowest BCUT2D eigenvalue weighted by atomic mass is 9.92. The average molecular weight is 553 g/mol. The van der Waals surface area contributed by atoms with Gasteiger partial charge in [0.1, 0.15) is 24.4 Å². The van der Waals surface area contributed by atoms with Crippen LogP contribution in [-0.4, -0.2) is 37.1 Å². The van der Waals surface area contributed by atoms with Crippen molar-refractivity contribution < 1.29 is 23.7 Å². The molecular formula is C36H40O5.